The van der Waals surface area contributed by atoms with E-state index in [1.54, 1.807) is 6.08 Å². The van der Waals surface area contributed by atoms with Gasteiger partial charge in [-0.3, -0.25) is 4.79 Å². The topological polar surface area (TPSA) is 17.1 Å². The molecule has 1 nitrogen and oxygen atoms in total. The summed E-state index contributed by atoms with van der Waals surface area (Å²) >= 11 is 0. The number of rotatable bonds is 3. The number of allylic oxidation sites excluding steroid dienone is 2. The molecule has 1 rings (SSSR count). The normalized spacial score (nSPS) is 23.5. The maximum absolute atomic E-state index is 11.1. The fourth-order valence-corrected chi connectivity index (χ4v) is 1.40. The minimum absolute atomic E-state index is 0.317. The smallest absolute Gasteiger partial charge is 0.158 e. The summed E-state index contributed by atoms with van der Waals surface area (Å²) < 4.78 is 0. The van der Waals surface area contributed by atoms with E-state index in [4.69, 9.17) is 0 Å². The van der Waals surface area contributed by atoms with Gasteiger partial charge in [-0.05, 0) is 24.8 Å². The lowest BCUT2D eigenvalue weighted by Crippen LogP contribution is -2.07. The third-order valence-corrected chi connectivity index (χ3v) is 2.20. The highest BCUT2D eigenvalue weighted by Crippen LogP contribution is 2.21. The molecule has 0 aromatic heterocycles. The quantitative estimate of drug-likeness (QED) is 0.607. The van der Waals surface area contributed by atoms with Crippen molar-refractivity contribution in [2.45, 2.75) is 33.1 Å². The first kappa shape index (κ1) is 8.51. The highest BCUT2D eigenvalue weighted by atomic mass is 16.1. The van der Waals surface area contributed by atoms with Crippen LogP contribution in [0.3, 0.4) is 0 Å². The van der Waals surface area contributed by atoms with Crippen LogP contribution in [0.25, 0.3) is 0 Å². The van der Waals surface area contributed by atoms with E-state index in [0.29, 0.717) is 11.7 Å². The molecule has 0 bridgehead atoms. The molecule has 0 spiro atoms. The Morgan fingerprint density at radius 1 is 1.64 bits per heavy atom. The summed E-state index contributed by atoms with van der Waals surface area (Å²) in [6.45, 7) is 4.40. The van der Waals surface area contributed by atoms with Crippen molar-refractivity contribution < 1.29 is 4.79 Å². The van der Waals surface area contributed by atoms with E-state index >= 15 is 0 Å². The second kappa shape index (κ2) is 3.70. The van der Waals surface area contributed by atoms with Crippen molar-refractivity contribution in [2.24, 2.45) is 11.8 Å². The molecule has 1 aliphatic carbocycles. The fourth-order valence-electron chi connectivity index (χ4n) is 1.40. The van der Waals surface area contributed by atoms with Crippen molar-refractivity contribution in [1.29, 1.82) is 0 Å². The van der Waals surface area contributed by atoms with Crippen molar-refractivity contribution in [3.63, 3.8) is 0 Å². The number of ketones is 1. The van der Waals surface area contributed by atoms with Crippen LogP contribution in [0, 0.1) is 11.8 Å². The molecule has 0 saturated heterocycles. The molecule has 1 atom stereocenters. The summed E-state index contributed by atoms with van der Waals surface area (Å²) in [4.78, 5) is 11.1. The van der Waals surface area contributed by atoms with E-state index in [-0.39, 0.29) is 0 Å². The van der Waals surface area contributed by atoms with Crippen LogP contribution in [0.1, 0.15) is 33.1 Å². The maximum Gasteiger partial charge on any atom is 0.158 e. The van der Waals surface area contributed by atoms with Crippen LogP contribution in [-0.2, 0) is 4.79 Å². The Morgan fingerprint density at radius 2 is 2.36 bits per heavy atom. The molecule has 0 N–H and O–H groups in total. The predicted octanol–water partition coefficient (Wildman–Crippen LogP) is 2.57. The van der Waals surface area contributed by atoms with Gasteiger partial charge in [0, 0.05) is 5.92 Å². The zero-order valence-corrected chi connectivity index (χ0v) is 7.34. The molecule has 0 saturated carbocycles. The van der Waals surface area contributed by atoms with Crippen LogP contribution < -0.4 is 0 Å². The minimum Gasteiger partial charge on any atom is -0.295 e. The molecule has 0 heterocycles. The van der Waals surface area contributed by atoms with E-state index in [1.165, 1.54) is 6.42 Å². The van der Waals surface area contributed by atoms with Gasteiger partial charge in [-0.2, -0.15) is 0 Å². The molecule has 0 aromatic carbocycles. The van der Waals surface area contributed by atoms with E-state index in [0.717, 1.165) is 18.8 Å². The van der Waals surface area contributed by atoms with Crippen molar-refractivity contribution in [2.75, 3.05) is 0 Å². The summed E-state index contributed by atoms with van der Waals surface area (Å²) in [7, 11) is 0. The molecular weight excluding hydrogens is 136 g/mol. The lowest BCUT2D eigenvalue weighted by atomic mass is 9.95. The molecule has 0 amide bonds. The highest BCUT2D eigenvalue weighted by Gasteiger charge is 2.18. The van der Waals surface area contributed by atoms with Crippen molar-refractivity contribution in [1.82, 2.24) is 0 Å². The van der Waals surface area contributed by atoms with Gasteiger partial charge in [0.1, 0.15) is 0 Å². The molecule has 0 aromatic rings. The van der Waals surface area contributed by atoms with Crippen LogP contribution in [0.5, 0.6) is 0 Å². The Labute approximate surface area is 68.5 Å². The lowest BCUT2D eigenvalue weighted by Gasteiger charge is -2.08. The van der Waals surface area contributed by atoms with Crippen LogP contribution in [0.15, 0.2) is 12.2 Å². The van der Waals surface area contributed by atoms with Crippen molar-refractivity contribution in [3.8, 4) is 0 Å². The molecule has 1 unspecified atom stereocenters. The minimum atomic E-state index is 0.317. The van der Waals surface area contributed by atoms with Crippen LogP contribution >= 0.6 is 0 Å². The zero-order valence-electron chi connectivity index (χ0n) is 7.34. The Kier molecular flexibility index (Phi) is 2.86. The van der Waals surface area contributed by atoms with Gasteiger partial charge in [0.15, 0.2) is 5.78 Å². The van der Waals surface area contributed by atoms with Crippen LogP contribution in [0.4, 0.5) is 0 Å². The van der Waals surface area contributed by atoms with Crippen LogP contribution in [0.2, 0.25) is 0 Å². The predicted molar refractivity (Wildman–Crippen MR) is 46.3 cm³/mol. The first-order valence-electron chi connectivity index (χ1n) is 4.40. The number of hydrogen-bond donors (Lipinski definition) is 0. The average molecular weight is 152 g/mol. The Morgan fingerprint density at radius 3 is 2.82 bits per heavy atom. The van der Waals surface area contributed by atoms with E-state index in [1.807, 2.05) is 6.08 Å². The first-order chi connectivity index (χ1) is 5.20. The van der Waals surface area contributed by atoms with Gasteiger partial charge in [0.2, 0.25) is 0 Å². The van der Waals surface area contributed by atoms with E-state index in [2.05, 4.69) is 13.8 Å². The summed E-state index contributed by atoms with van der Waals surface area (Å²) in [5.74, 6) is 1.38. The second-order valence-corrected chi connectivity index (χ2v) is 3.71. The zero-order chi connectivity index (χ0) is 8.27. The number of carbonyl (C=O) groups excluding carboxylic acids is 1. The third-order valence-electron chi connectivity index (χ3n) is 2.20. The summed E-state index contributed by atoms with van der Waals surface area (Å²) in [5.41, 5.74) is 0. The maximum atomic E-state index is 11.1. The number of carbonyl (C=O) groups is 1. The van der Waals surface area contributed by atoms with Gasteiger partial charge in [-0.25, -0.2) is 0 Å². The Hall–Kier alpha value is -0.590. The Bertz CT molecular complexity index is 168. The fraction of sp³-hybridized carbons (Fsp3) is 0.700. The highest BCUT2D eigenvalue weighted by molar-refractivity contribution is 5.93. The largest absolute Gasteiger partial charge is 0.295 e. The van der Waals surface area contributed by atoms with Crippen molar-refractivity contribution >= 4 is 5.78 Å². The average Bonchev–Trinajstić information content (AvgIpc) is 2.31. The summed E-state index contributed by atoms with van der Waals surface area (Å²) in [6, 6.07) is 0. The van der Waals surface area contributed by atoms with Gasteiger partial charge < -0.3 is 0 Å². The molecule has 0 aliphatic heterocycles. The van der Waals surface area contributed by atoms with Gasteiger partial charge in [0.05, 0.1) is 0 Å². The van der Waals surface area contributed by atoms with Gasteiger partial charge >= 0.3 is 0 Å². The van der Waals surface area contributed by atoms with Gasteiger partial charge in [-0.1, -0.05) is 26.3 Å². The first-order valence-corrected chi connectivity index (χ1v) is 4.40. The third kappa shape index (κ3) is 2.49. The molecule has 0 fully saturated rings. The molecule has 0 radical (unpaired) electrons. The van der Waals surface area contributed by atoms with E-state index in [9.17, 15) is 4.79 Å². The monoisotopic (exact) mass is 152 g/mol. The van der Waals surface area contributed by atoms with Gasteiger partial charge in [-0.15, -0.1) is 0 Å². The molecule has 62 valence electrons. The second-order valence-electron chi connectivity index (χ2n) is 3.71. The van der Waals surface area contributed by atoms with Crippen LogP contribution in [-0.4, -0.2) is 5.78 Å². The van der Waals surface area contributed by atoms with Crippen molar-refractivity contribution in [3.05, 3.63) is 12.2 Å². The molecule has 11 heavy (non-hydrogen) atoms. The Balaban J connectivity index is 2.23. The molecule has 1 aliphatic rings. The molecular formula is C10H16O. The van der Waals surface area contributed by atoms with E-state index < -0.39 is 0 Å². The SMILES string of the molecule is CC(C)CCC1CC=CC1=O. The van der Waals surface area contributed by atoms with Gasteiger partial charge in [0.25, 0.3) is 0 Å². The number of hydrogen-bond acceptors (Lipinski definition) is 1. The standard InChI is InChI=1S/C10H16O/c1-8(2)6-7-9-4-3-5-10(9)11/h3,5,8-9H,4,6-7H2,1-2H3. The molecule has 1 heteroatoms. The summed E-state index contributed by atoms with van der Waals surface area (Å²) in [5, 5.41) is 0. The lowest BCUT2D eigenvalue weighted by molar-refractivity contribution is -0.117. The summed E-state index contributed by atoms with van der Waals surface area (Å²) in [6.07, 6.45) is 6.95.